The van der Waals surface area contributed by atoms with Crippen molar-refractivity contribution in [3.05, 3.63) is 22.7 Å². The minimum absolute atomic E-state index is 0.255. The molecular formula is C16H22Cl2O2. The molecule has 2 unspecified atom stereocenters. The molecule has 0 bridgehead atoms. The lowest BCUT2D eigenvalue weighted by atomic mass is 9.85. The number of ether oxygens (including phenoxy) is 2. The molecule has 1 saturated carbocycles. The van der Waals surface area contributed by atoms with Gasteiger partial charge in [0.25, 0.3) is 0 Å². The van der Waals surface area contributed by atoms with Gasteiger partial charge in [0.2, 0.25) is 0 Å². The molecule has 20 heavy (non-hydrogen) atoms. The van der Waals surface area contributed by atoms with Gasteiger partial charge in [-0.25, -0.2) is 0 Å². The van der Waals surface area contributed by atoms with Crippen molar-refractivity contribution in [1.29, 1.82) is 0 Å². The molecule has 2 nitrogen and oxygen atoms in total. The zero-order valence-corrected chi connectivity index (χ0v) is 13.6. The molecule has 0 amide bonds. The Bertz CT molecular complexity index is 423. The van der Waals surface area contributed by atoms with Crippen LogP contribution >= 0.6 is 23.2 Å². The van der Waals surface area contributed by atoms with Gasteiger partial charge in [-0.05, 0) is 31.2 Å². The smallest absolute Gasteiger partial charge is 0.166 e. The highest BCUT2D eigenvalue weighted by molar-refractivity contribution is 6.31. The van der Waals surface area contributed by atoms with Crippen LogP contribution in [0.3, 0.4) is 0 Å². The predicted molar refractivity (Wildman–Crippen MR) is 84.2 cm³/mol. The second-order valence-corrected chi connectivity index (χ2v) is 6.11. The standard InChI is InChI=1S/C16H22Cl2O2/c1-3-11-5-4-6-14(7-11)20-16-12(10-17)8-13(18)9-15(16)19-2/h8-9,11,14H,3-7,10H2,1-2H3. The summed E-state index contributed by atoms with van der Waals surface area (Å²) in [5.41, 5.74) is 0.898. The number of hydrogen-bond donors (Lipinski definition) is 0. The van der Waals surface area contributed by atoms with Crippen molar-refractivity contribution in [3.63, 3.8) is 0 Å². The van der Waals surface area contributed by atoms with Gasteiger partial charge >= 0.3 is 0 Å². The average Bonchev–Trinajstić information content (AvgIpc) is 2.48. The second kappa shape index (κ2) is 7.42. The van der Waals surface area contributed by atoms with Crippen LogP contribution in [-0.2, 0) is 5.88 Å². The van der Waals surface area contributed by atoms with Gasteiger partial charge in [0.15, 0.2) is 11.5 Å². The molecule has 1 aliphatic carbocycles. The van der Waals surface area contributed by atoms with Crippen LogP contribution in [0.15, 0.2) is 12.1 Å². The van der Waals surface area contributed by atoms with Crippen LogP contribution in [-0.4, -0.2) is 13.2 Å². The van der Waals surface area contributed by atoms with Crippen LogP contribution in [0.1, 0.15) is 44.6 Å². The Morgan fingerprint density at radius 2 is 2.10 bits per heavy atom. The van der Waals surface area contributed by atoms with E-state index in [-0.39, 0.29) is 6.10 Å². The molecule has 1 aromatic rings. The van der Waals surface area contributed by atoms with E-state index in [0.717, 1.165) is 30.1 Å². The Kier molecular flexibility index (Phi) is 5.86. The van der Waals surface area contributed by atoms with Crippen molar-refractivity contribution in [3.8, 4) is 11.5 Å². The minimum Gasteiger partial charge on any atom is -0.493 e. The monoisotopic (exact) mass is 316 g/mol. The number of benzene rings is 1. The number of hydrogen-bond acceptors (Lipinski definition) is 2. The van der Waals surface area contributed by atoms with Crippen LogP contribution in [0, 0.1) is 5.92 Å². The summed E-state index contributed by atoms with van der Waals surface area (Å²) < 4.78 is 11.6. The van der Waals surface area contributed by atoms with Gasteiger partial charge in [0, 0.05) is 16.7 Å². The lowest BCUT2D eigenvalue weighted by Gasteiger charge is -2.30. The van der Waals surface area contributed by atoms with E-state index >= 15 is 0 Å². The molecule has 0 saturated heterocycles. The fourth-order valence-electron chi connectivity index (χ4n) is 2.89. The Balaban J connectivity index is 2.19. The van der Waals surface area contributed by atoms with Crippen LogP contribution in [0.4, 0.5) is 0 Å². The lowest BCUT2D eigenvalue weighted by Crippen LogP contribution is -2.25. The first-order valence-electron chi connectivity index (χ1n) is 7.27. The molecule has 112 valence electrons. The molecule has 0 N–H and O–H groups in total. The molecule has 0 spiro atoms. The molecule has 2 rings (SSSR count). The Morgan fingerprint density at radius 3 is 2.75 bits per heavy atom. The zero-order valence-electron chi connectivity index (χ0n) is 12.1. The summed E-state index contributed by atoms with van der Waals surface area (Å²) in [5, 5.41) is 0.625. The molecule has 0 aromatic heterocycles. The molecule has 4 heteroatoms. The third-order valence-corrected chi connectivity index (χ3v) is 4.56. The first-order chi connectivity index (χ1) is 9.67. The van der Waals surface area contributed by atoms with Crippen molar-refractivity contribution >= 4 is 23.2 Å². The highest BCUT2D eigenvalue weighted by atomic mass is 35.5. The second-order valence-electron chi connectivity index (χ2n) is 5.41. The molecule has 2 atom stereocenters. The first-order valence-corrected chi connectivity index (χ1v) is 8.18. The van der Waals surface area contributed by atoms with Gasteiger partial charge in [0.05, 0.1) is 19.1 Å². The van der Waals surface area contributed by atoms with Gasteiger partial charge in [-0.3, -0.25) is 0 Å². The Labute approximate surface area is 131 Å². The van der Waals surface area contributed by atoms with E-state index in [1.54, 1.807) is 13.2 Å². The largest absolute Gasteiger partial charge is 0.493 e. The summed E-state index contributed by atoms with van der Waals surface area (Å²) in [4.78, 5) is 0. The highest BCUT2D eigenvalue weighted by Gasteiger charge is 2.24. The quantitative estimate of drug-likeness (QED) is 0.674. The zero-order chi connectivity index (χ0) is 14.5. The van der Waals surface area contributed by atoms with Gasteiger partial charge in [-0.2, -0.15) is 0 Å². The van der Waals surface area contributed by atoms with Crippen LogP contribution in [0.5, 0.6) is 11.5 Å². The van der Waals surface area contributed by atoms with Crippen molar-refractivity contribution in [2.75, 3.05) is 7.11 Å². The Morgan fingerprint density at radius 1 is 1.30 bits per heavy atom. The number of alkyl halides is 1. The van der Waals surface area contributed by atoms with E-state index in [1.807, 2.05) is 6.07 Å². The summed E-state index contributed by atoms with van der Waals surface area (Å²) in [6, 6.07) is 3.64. The molecule has 1 aromatic carbocycles. The summed E-state index contributed by atoms with van der Waals surface area (Å²) in [6.07, 6.45) is 6.24. The van der Waals surface area contributed by atoms with Crippen LogP contribution < -0.4 is 9.47 Å². The van der Waals surface area contributed by atoms with Gasteiger partial charge in [0.1, 0.15) is 0 Å². The van der Waals surface area contributed by atoms with E-state index in [2.05, 4.69) is 6.92 Å². The molecule has 1 aliphatic rings. The summed E-state index contributed by atoms with van der Waals surface area (Å²) in [5.74, 6) is 2.57. The van der Waals surface area contributed by atoms with E-state index in [0.29, 0.717) is 16.7 Å². The van der Waals surface area contributed by atoms with Gasteiger partial charge in [-0.1, -0.05) is 31.4 Å². The van der Waals surface area contributed by atoms with E-state index < -0.39 is 0 Å². The van der Waals surface area contributed by atoms with Crippen LogP contribution in [0.2, 0.25) is 5.02 Å². The van der Waals surface area contributed by atoms with E-state index in [9.17, 15) is 0 Å². The van der Waals surface area contributed by atoms with Crippen LogP contribution in [0.25, 0.3) is 0 Å². The van der Waals surface area contributed by atoms with Gasteiger partial charge in [-0.15, -0.1) is 11.6 Å². The third kappa shape index (κ3) is 3.73. The third-order valence-electron chi connectivity index (χ3n) is 4.06. The van der Waals surface area contributed by atoms with E-state index in [4.69, 9.17) is 32.7 Å². The van der Waals surface area contributed by atoms with Crippen molar-refractivity contribution in [2.45, 2.75) is 51.0 Å². The SMILES string of the molecule is CCC1CCCC(Oc2c(CCl)cc(Cl)cc2OC)C1. The molecule has 1 fully saturated rings. The fraction of sp³-hybridized carbons (Fsp3) is 0.625. The molecule has 0 radical (unpaired) electrons. The summed E-state index contributed by atoms with van der Waals surface area (Å²) >= 11 is 12.1. The normalized spacial score (nSPS) is 22.6. The van der Waals surface area contributed by atoms with Gasteiger partial charge < -0.3 is 9.47 Å². The lowest BCUT2D eigenvalue weighted by molar-refractivity contribution is 0.117. The number of rotatable bonds is 5. The maximum Gasteiger partial charge on any atom is 0.166 e. The summed E-state index contributed by atoms with van der Waals surface area (Å²) in [6.45, 7) is 2.25. The topological polar surface area (TPSA) is 18.5 Å². The molecule has 0 aliphatic heterocycles. The summed E-state index contributed by atoms with van der Waals surface area (Å²) in [7, 11) is 1.63. The molecule has 0 heterocycles. The number of halogens is 2. The maximum absolute atomic E-state index is 6.22. The maximum atomic E-state index is 6.22. The Hall–Kier alpha value is -0.600. The predicted octanol–water partition coefficient (Wildman–Crippen LogP) is 5.44. The number of methoxy groups -OCH3 is 1. The minimum atomic E-state index is 0.255. The van der Waals surface area contributed by atoms with Crippen molar-refractivity contribution in [1.82, 2.24) is 0 Å². The average molecular weight is 317 g/mol. The van der Waals surface area contributed by atoms with E-state index in [1.165, 1.54) is 19.3 Å². The molecular weight excluding hydrogens is 295 g/mol. The van der Waals surface area contributed by atoms with Crippen molar-refractivity contribution < 1.29 is 9.47 Å². The fourth-order valence-corrected chi connectivity index (χ4v) is 3.32. The van der Waals surface area contributed by atoms with Crippen molar-refractivity contribution in [2.24, 2.45) is 5.92 Å². The highest BCUT2D eigenvalue weighted by Crippen LogP contribution is 2.38. The first kappa shape index (κ1) is 15.8.